The number of aryl methyl sites for hydroxylation is 1. The van der Waals surface area contributed by atoms with E-state index in [4.69, 9.17) is 4.74 Å². The molecule has 23 heavy (non-hydrogen) atoms. The highest BCUT2D eigenvalue weighted by molar-refractivity contribution is 5.78. The second kappa shape index (κ2) is 7.49. The average molecular weight is 318 g/mol. The van der Waals surface area contributed by atoms with Crippen LogP contribution < -0.4 is 4.74 Å². The number of nitrogens with zero attached hydrogens (tertiary/aromatic N) is 2. The highest BCUT2D eigenvalue weighted by atomic mass is 16.5. The Labute approximate surface area is 138 Å². The van der Waals surface area contributed by atoms with Crippen LogP contribution in [0.25, 0.3) is 0 Å². The number of hydrogen-bond acceptors (Lipinski definition) is 3. The standard InChI is InChI=1S/C18H26N2O3/c1-13(2)17-6-5-16(11-14(17)3)23-12-18(22)20-9-7-19(8-10-20)15(4)21/h5-6,11,13H,7-10,12H2,1-4H3. The summed E-state index contributed by atoms with van der Waals surface area (Å²) in [6.07, 6.45) is 0. The van der Waals surface area contributed by atoms with E-state index in [2.05, 4.69) is 26.8 Å². The van der Waals surface area contributed by atoms with Crippen molar-refractivity contribution >= 4 is 11.8 Å². The molecule has 0 atom stereocenters. The van der Waals surface area contributed by atoms with Crippen LogP contribution in [0.15, 0.2) is 18.2 Å². The number of piperazine rings is 1. The number of rotatable bonds is 4. The lowest BCUT2D eigenvalue weighted by Crippen LogP contribution is -2.51. The van der Waals surface area contributed by atoms with Crippen LogP contribution in [0, 0.1) is 6.92 Å². The molecule has 5 heteroatoms. The molecule has 0 N–H and O–H groups in total. The molecule has 1 fully saturated rings. The lowest BCUT2D eigenvalue weighted by Gasteiger charge is -2.34. The topological polar surface area (TPSA) is 49.9 Å². The molecule has 0 saturated carbocycles. The predicted molar refractivity (Wildman–Crippen MR) is 89.6 cm³/mol. The van der Waals surface area contributed by atoms with Crippen LogP contribution in [0.3, 0.4) is 0 Å². The average Bonchev–Trinajstić information content (AvgIpc) is 2.52. The first-order valence-electron chi connectivity index (χ1n) is 8.15. The molecule has 2 rings (SSSR count). The minimum absolute atomic E-state index is 0.0289. The fourth-order valence-corrected chi connectivity index (χ4v) is 2.89. The van der Waals surface area contributed by atoms with Gasteiger partial charge in [-0.3, -0.25) is 9.59 Å². The molecule has 1 aliphatic rings. The van der Waals surface area contributed by atoms with E-state index in [9.17, 15) is 9.59 Å². The van der Waals surface area contributed by atoms with E-state index < -0.39 is 0 Å². The van der Waals surface area contributed by atoms with Crippen molar-refractivity contribution in [2.75, 3.05) is 32.8 Å². The molecule has 0 aromatic heterocycles. The summed E-state index contributed by atoms with van der Waals surface area (Å²) in [5.74, 6) is 1.23. The van der Waals surface area contributed by atoms with Crippen LogP contribution in [0.2, 0.25) is 0 Å². The summed E-state index contributed by atoms with van der Waals surface area (Å²) in [7, 11) is 0. The summed E-state index contributed by atoms with van der Waals surface area (Å²) in [5.41, 5.74) is 2.48. The van der Waals surface area contributed by atoms with Crippen LogP contribution >= 0.6 is 0 Å². The molecule has 1 aromatic carbocycles. The molecule has 126 valence electrons. The Kier molecular flexibility index (Phi) is 5.64. The normalized spacial score (nSPS) is 15.0. The van der Waals surface area contributed by atoms with Gasteiger partial charge in [0.15, 0.2) is 6.61 Å². The lowest BCUT2D eigenvalue weighted by atomic mass is 9.98. The SMILES string of the molecule is CC(=O)N1CCN(C(=O)COc2ccc(C(C)C)c(C)c2)CC1. The van der Waals surface area contributed by atoms with Gasteiger partial charge in [0, 0.05) is 33.1 Å². The molecule has 0 spiro atoms. The molecule has 5 nitrogen and oxygen atoms in total. The molecule has 0 aliphatic carbocycles. The van der Waals surface area contributed by atoms with Crippen LogP contribution in [-0.4, -0.2) is 54.4 Å². The first-order valence-corrected chi connectivity index (χ1v) is 8.15. The van der Waals surface area contributed by atoms with Gasteiger partial charge in [-0.05, 0) is 36.1 Å². The summed E-state index contributed by atoms with van der Waals surface area (Å²) < 4.78 is 5.64. The largest absolute Gasteiger partial charge is 0.484 e. The Hall–Kier alpha value is -2.04. The number of ether oxygens (including phenoxy) is 1. The van der Waals surface area contributed by atoms with Crippen LogP contribution in [-0.2, 0) is 9.59 Å². The highest BCUT2D eigenvalue weighted by Crippen LogP contribution is 2.23. The second-order valence-corrected chi connectivity index (χ2v) is 6.35. The van der Waals surface area contributed by atoms with Gasteiger partial charge in [0.1, 0.15) is 5.75 Å². The summed E-state index contributed by atoms with van der Waals surface area (Å²) in [5, 5.41) is 0. The fraction of sp³-hybridized carbons (Fsp3) is 0.556. The smallest absolute Gasteiger partial charge is 0.260 e. The minimum atomic E-state index is -0.0289. The zero-order valence-electron chi connectivity index (χ0n) is 14.5. The number of benzene rings is 1. The Morgan fingerprint density at radius 3 is 2.26 bits per heavy atom. The Balaban J connectivity index is 1.85. The molecule has 0 bridgehead atoms. The van der Waals surface area contributed by atoms with Gasteiger partial charge >= 0.3 is 0 Å². The van der Waals surface area contributed by atoms with Crippen molar-refractivity contribution in [2.24, 2.45) is 0 Å². The lowest BCUT2D eigenvalue weighted by molar-refractivity contribution is -0.139. The molecule has 0 radical (unpaired) electrons. The van der Waals surface area contributed by atoms with Crippen molar-refractivity contribution in [3.8, 4) is 5.75 Å². The molecule has 0 unspecified atom stereocenters. The van der Waals surface area contributed by atoms with Crippen molar-refractivity contribution in [3.05, 3.63) is 29.3 Å². The van der Waals surface area contributed by atoms with E-state index in [0.29, 0.717) is 32.1 Å². The van der Waals surface area contributed by atoms with Gasteiger partial charge < -0.3 is 14.5 Å². The van der Waals surface area contributed by atoms with Crippen LogP contribution in [0.1, 0.15) is 37.8 Å². The quantitative estimate of drug-likeness (QED) is 0.855. The Bertz CT molecular complexity index is 576. The van der Waals surface area contributed by atoms with E-state index in [1.54, 1.807) is 16.7 Å². The monoisotopic (exact) mass is 318 g/mol. The minimum Gasteiger partial charge on any atom is -0.484 e. The van der Waals surface area contributed by atoms with Crippen molar-refractivity contribution in [1.29, 1.82) is 0 Å². The number of hydrogen-bond donors (Lipinski definition) is 0. The first-order chi connectivity index (χ1) is 10.9. The molecule has 2 amide bonds. The highest BCUT2D eigenvalue weighted by Gasteiger charge is 2.22. The maximum absolute atomic E-state index is 12.2. The number of carbonyl (C=O) groups excluding carboxylic acids is 2. The number of carbonyl (C=O) groups is 2. The van der Waals surface area contributed by atoms with Gasteiger partial charge in [-0.25, -0.2) is 0 Å². The van der Waals surface area contributed by atoms with Crippen molar-refractivity contribution in [1.82, 2.24) is 9.80 Å². The van der Waals surface area contributed by atoms with E-state index in [1.807, 2.05) is 12.1 Å². The van der Waals surface area contributed by atoms with E-state index in [0.717, 1.165) is 5.75 Å². The van der Waals surface area contributed by atoms with Gasteiger partial charge in [-0.1, -0.05) is 19.9 Å². The van der Waals surface area contributed by atoms with Gasteiger partial charge in [-0.15, -0.1) is 0 Å². The molecule has 1 aromatic rings. The Morgan fingerprint density at radius 1 is 1.13 bits per heavy atom. The van der Waals surface area contributed by atoms with Crippen LogP contribution in [0.5, 0.6) is 5.75 Å². The molecule has 1 heterocycles. The van der Waals surface area contributed by atoms with Gasteiger partial charge in [0.05, 0.1) is 0 Å². The van der Waals surface area contributed by atoms with E-state index in [-0.39, 0.29) is 18.4 Å². The maximum Gasteiger partial charge on any atom is 0.260 e. The zero-order valence-corrected chi connectivity index (χ0v) is 14.5. The van der Waals surface area contributed by atoms with Gasteiger partial charge in [0.2, 0.25) is 5.91 Å². The summed E-state index contributed by atoms with van der Waals surface area (Å²) in [6, 6.07) is 5.96. The van der Waals surface area contributed by atoms with Crippen molar-refractivity contribution in [2.45, 2.75) is 33.6 Å². The summed E-state index contributed by atoms with van der Waals surface area (Å²) in [4.78, 5) is 27.0. The number of amides is 2. The first kappa shape index (κ1) is 17.3. The van der Waals surface area contributed by atoms with Gasteiger partial charge in [-0.2, -0.15) is 0 Å². The third-order valence-electron chi connectivity index (χ3n) is 4.30. The Morgan fingerprint density at radius 2 is 1.74 bits per heavy atom. The summed E-state index contributed by atoms with van der Waals surface area (Å²) in [6.45, 7) is 10.3. The predicted octanol–water partition coefficient (Wildman–Crippen LogP) is 2.19. The van der Waals surface area contributed by atoms with E-state index in [1.165, 1.54) is 11.1 Å². The molecular weight excluding hydrogens is 292 g/mol. The van der Waals surface area contributed by atoms with Gasteiger partial charge in [0.25, 0.3) is 5.91 Å². The van der Waals surface area contributed by atoms with Crippen LogP contribution in [0.4, 0.5) is 0 Å². The molecular formula is C18H26N2O3. The molecule has 1 aliphatic heterocycles. The second-order valence-electron chi connectivity index (χ2n) is 6.35. The fourth-order valence-electron chi connectivity index (χ4n) is 2.89. The van der Waals surface area contributed by atoms with Crippen molar-refractivity contribution in [3.63, 3.8) is 0 Å². The molecule has 1 saturated heterocycles. The maximum atomic E-state index is 12.2. The third kappa shape index (κ3) is 4.47. The van der Waals surface area contributed by atoms with E-state index >= 15 is 0 Å². The zero-order chi connectivity index (χ0) is 17.0. The summed E-state index contributed by atoms with van der Waals surface area (Å²) >= 11 is 0. The third-order valence-corrected chi connectivity index (χ3v) is 4.30. The van der Waals surface area contributed by atoms with Crippen molar-refractivity contribution < 1.29 is 14.3 Å².